The van der Waals surface area contributed by atoms with Crippen LogP contribution in [0.5, 0.6) is 0 Å². The first-order valence-corrected chi connectivity index (χ1v) is 5.90. The van der Waals surface area contributed by atoms with Crippen LogP contribution in [-0.4, -0.2) is 24.0 Å². The Bertz CT molecular complexity index is 407. The molecule has 1 aromatic rings. The van der Waals surface area contributed by atoms with Crippen molar-refractivity contribution < 1.29 is 4.79 Å². The topological polar surface area (TPSA) is 56.9 Å². The minimum atomic E-state index is -0.0106. The first-order valence-electron chi connectivity index (χ1n) is 5.90. The Hall–Kier alpha value is -1.71. The molecule has 0 saturated heterocycles. The summed E-state index contributed by atoms with van der Waals surface area (Å²) in [6, 6.07) is 2.11. The second-order valence-corrected chi connectivity index (χ2v) is 4.08. The van der Waals surface area contributed by atoms with E-state index in [0.29, 0.717) is 13.1 Å². The summed E-state index contributed by atoms with van der Waals surface area (Å²) in [4.78, 5) is 14.0. The lowest BCUT2D eigenvalue weighted by atomic mass is 10.2. The van der Waals surface area contributed by atoms with E-state index in [-0.39, 0.29) is 5.91 Å². The third-order valence-electron chi connectivity index (χ3n) is 2.61. The molecule has 1 rings (SSSR count). The largest absolute Gasteiger partial charge is 0.383 e. The fourth-order valence-corrected chi connectivity index (χ4v) is 1.68. The van der Waals surface area contributed by atoms with Crippen molar-refractivity contribution >= 4 is 11.6 Å². The maximum Gasteiger partial charge on any atom is 0.216 e. The lowest BCUT2D eigenvalue weighted by Crippen LogP contribution is -2.29. The third-order valence-corrected chi connectivity index (χ3v) is 2.61. The lowest BCUT2D eigenvalue weighted by molar-refractivity contribution is -0.118. The molecule has 1 aromatic heterocycles. The smallest absolute Gasteiger partial charge is 0.216 e. The van der Waals surface area contributed by atoms with Gasteiger partial charge in [-0.2, -0.15) is 0 Å². The van der Waals surface area contributed by atoms with Crippen LogP contribution < -0.4 is 10.6 Å². The monoisotopic (exact) mass is 235 g/mol. The van der Waals surface area contributed by atoms with Crippen LogP contribution in [-0.2, 0) is 11.2 Å². The number of nitrogens with one attached hydrogen (secondary N) is 3. The molecule has 4 heteroatoms. The molecule has 0 aliphatic heterocycles. The molecular formula is C13H21N3O. The first-order chi connectivity index (χ1) is 8.04. The van der Waals surface area contributed by atoms with Crippen LogP contribution in [0.1, 0.15) is 30.8 Å². The molecule has 0 spiro atoms. The summed E-state index contributed by atoms with van der Waals surface area (Å²) >= 11 is 0. The quantitative estimate of drug-likeness (QED) is 0.656. The standard InChI is InChI=1S/C13H21N3O/c1-5-12-8-13(10(3)16-12)9(2)14-6-7-15-11(4)17/h8,14,16H,2,5-7H2,1,3-4H3,(H,15,17). The van der Waals surface area contributed by atoms with Gasteiger partial charge in [0.15, 0.2) is 0 Å². The van der Waals surface area contributed by atoms with Crippen LogP contribution in [0.15, 0.2) is 12.6 Å². The molecule has 1 heterocycles. The van der Waals surface area contributed by atoms with Gasteiger partial charge in [0.1, 0.15) is 0 Å². The molecular weight excluding hydrogens is 214 g/mol. The number of aromatic amines is 1. The van der Waals surface area contributed by atoms with Gasteiger partial charge in [-0.1, -0.05) is 13.5 Å². The van der Waals surface area contributed by atoms with Crippen LogP contribution in [0, 0.1) is 6.92 Å². The highest BCUT2D eigenvalue weighted by Gasteiger charge is 2.06. The normalized spacial score (nSPS) is 10.1. The Labute approximate surface area is 102 Å². The van der Waals surface area contributed by atoms with Gasteiger partial charge in [-0.3, -0.25) is 4.79 Å². The van der Waals surface area contributed by atoms with Crippen molar-refractivity contribution in [2.75, 3.05) is 13.1 Å². The zero-order chi connectivity index (χ0) is 12.8. The van der Waals surface area contributed by atoms with E-state index in [4.69, 9.17) is 0 Å². The van der Waals surface area contributed by atoms with E-state index in [1.165, 1.54) is 12.6 Å². The molecule has 0 radical (unpaired) electrons. The highest BCUT2D eigenvalue weighted by molar-refractivity contribution is 5.72. The van der Waals surface area contributed by atoms with Crippen molar-refractivity contribution in [1.29, 1.82) is 0 Å². The molecule has 0 atom stereocenters. The van der Waals surface area contributed by atoms with Crippen molar-refractivity contribution in [3.05, 3.63) is 29.6 Å². The Morgan fingerprint density at radius 2 is 2.06 bits per heavy atom. The average molecular weight is 235 g/mol. The van der Waals surface area contributed by atoms with Crippen LogP contribution in [0.4, 0.5) is 0 Å². The van der Waals surface area contributed by atoms with Gasteiger partial charge in [0.2, 0.25) is 5.91 Å². The fraction of sp³-hybridized carbons (Fsp3) is 0.462. The van der Waals surface area contributed by atoms with E-state index in [1.807, 2.05) is 6.92 Å². The van der Waals surface area contributed by atoms with Crippen molar-refractivity contribution in [2.45, 2.75) is 27.2 Å². The van der Waals surface area contributed by atoms with Gasteiger partial charge in [-0.25, -0.2) is 0 Å². The van der Waals surface area contributed by atoms with E-state index in [2.05, 4.69) is 35.2 Å². The van der Waals surface area contributed by atoms with Gasteiger partial charge in [-0.15, -0.1) is 0 Å². The van der Waals surface area contributed by atoms with Gasteiger partial charge in [0.25, 0.3) is 0 Å². The van der Waals surface area contributed by atoms with Gasteiger partial charge in [0, 0.05) is 42.7 Å². The Kier molecular flexibility index (Phi) is 4.82. The highest BCUT2D eigenvalue weighted by Crippen LogP contribution is 2.16. The van der Waals surface area contributed by atoms with Crippen molar-refractivity contribution in [1.82, 2.24) is 15.6 Å². The van der Waals surface area contributed by atoms with Crippen molar-refractivity contribution in [3.63, 3.8) is 0 Å². The van der Waals surface area contributed by atoms with Crippen molar-refractivity contribution in [3.8, 4) is 0 Å². The summed E-state index contributed by atoms with van der Waals surface area (Å²) in [5.74, 6) is -0.0106. The zero-order valence-electron chi connectivity index (χ0n) is 10.8. The molecule has 3 N–H and O–H groups in total. The predicted molar refractivity (Wildman–Crippen MR) is 70.6 cm³/mol. The molecule has 0 saturated carbocycles. The van der Waals surface area contributed by atoms with Crippen LogP contribution in [0.25, 0.3) is 5.70 Å². The van der Waals surface area contributed by atoms with Crippen LogP contribution >= 0.6 is 0 Å². The Morgan fingerprint density at radius 1 is 1.41 bits per heavy atom. The zero-order valence-corrected chi connectivity index (χ0v) is 10.8. The van der Waals surface area contributed by atoms with Gasteiger partial charge in [-0.05, 0) is 19.4 Å². The van der Waals surface area contributed by atoms with Gasteiger partial charge in [0.05, 0.1) is 0 Å². The fourth-order valence-electron chi connectivity index (χ4n) is 1.68. The minimum Gasteiger partial charge on any atom is -0.383 e. The lowest BCUT2D eigenvalue weighted by Gasteiger charge is -2.09. The summed E-state index contributed by atoms with van der Waals surface area (Å²) in [6.45, 7) is 11.0. The summed E-state index contributed by atoms with van der Waals surface area (Å²) in [7, 11) is 0. The third kappa shape index (κ3) is 3.98. The van der Waals surface area contributed by atoms with E-state index in [1.54, 1.807) is 0 Å². The molecule has 0 aliphatic rings. The summed E-state index contributed by atoms with van der Waals surface area (Å²) in [5, 5.41) is 5.94. The number of aryl methyl sites for hydroxylation is 2. The van der Waals surface area contributed by atoms with Gasteiger partial charge >= 0.3 is 0 Å². The van der Waals surface area contributed by atoms with E-state index in [9.17, 15) is 4.79 Å². The van der Waals surface area contributed by atoms with E-state index in [0.717, 1.165) is 23.4 Å². The number of hydrogen-bond donors (Lipinski definition) is 3. The molecule has 0 fully saturated rings. The number of H-pyrrole nitrogens is 1. The maximum atomic E-state index is 10.7. The minimum absolute atomic E-state index is 0.0106. The number of amides is 1. The summed E-state index contributed by atoms with van der Waals surface area (Å²) in [6.07, 6.45) is 0.986. The number of carbonyl (C=O) groups excluding carboxylic acids is 1. The maximum absolute atomic E-state index is 10.7. The number of hydrogen-bond acceptors (Lipinski definition) is 2. The Morgan fingerprint density at radius 3 is 2.59 bits per heavy atom. The molecule has 0 unspecified atom stereocenters. The molecule has 0 aromatic carbocycles. The molecule has 1 amide bonds. The SMILES string of the molecule is C=C(NCCNC(C)=O)c1cc(CC)[nH]c1C. The molecule has 0 bridgehead atoms. The van der Waals surface area contributed by atoms with Crippen molar-refractivity contribution in [2.24, 2.45) is 0 Å². The second-order valence-electron chi connectivity index (χ2n) is 4.08. The molecule has 0 aliphatic carbocycles. The number of rotatable bonds is 6. The molecule has 17 heavy (non-hydrogen) atoms. The number of carbonyl (C=O) groups is 1. The number of aromatic nitrogens is 1. The first kappa shape index (κ1) is 13.4. The summed E-state index contributed by atoms with van der Waals surface area (Å²) < 4.78 is 0. The van der Waals surface area contributed by atoms with E-state index < -0.39 is 0 Å². The molecule has 4 nitrogen and oxygen atoms in total. The van der Waals surface area contributed by atoms with Crippen LogP contribution in [0.3, 0.4) is 0 Å². The van der Waals surface area contributed by atoms with Gasteiger partial charge < -0.3 is 15.6 Å². The Balaban J connectivity index is 2.46. The second kappa shape index (κ2) is 6.13. The van der Waals surface area contributed by atoms with Crippen LogP contribution in [0.2, 0.25) is 0 Å². The van der Waals surface area contributed by atoms with E-state index >= 15 is 0 Å². The summed E-state index contributed by atoms with van der Waals surface area (Å²) in [5.41, 5.74) is 4.34. The molecule has 94 valence electrons. The average Bonchev–Trinajstić information content (AvgIpc) is 2.65. The predicted octanol–water partition coefficient (Wildman–Crippen LogP) is 1.58. The highest BCUT2D eigenvalue weighted by atomic mass is 16.1.